The lowest BCUT2D eigenvalue weighted by molar-refractivity contribution is -0.189. The summed E-state index contributed by atoms with van der Waals surface area (Å²) in [6, 6.07) is 2.48. The summed E-state index contributed by atoms with van der Waals surface area (Å²) in [5, 5.41) is 19.0. The highest BCUT2D eigenvalue weighted by Gasteiger charge is 2.28. The van der Waals surface area contributed by atoms with Crippen LogP contribution in [0.3, 0.4) is 0 Å². The highest BCUT2D eigenvalue weighted by atomic mass is 79.9. The predicted octanol–water partition coefficient (Wildman–Crippen LogP) is 3.23. The van der Waals surface area contributed by atoms with Gasteiger partial charge in [-0.3, -0.25) is 9.78 Å². The molecule has 1 aromatic heterocycles. The molecule has 3 unspecified atom stereocenters. The fraction of sp³-hybridized carbons (Fsp3) is 0.235. The van der Waals surface area contributed by atoms with E-state index in [9.17, 15) is 24.0 Å². The van der Waals surface area contributed by atoms with Gasteiger partial charge in [0, 0.05) is 10.7 Å². The van der Waals surface area contributed by atoms with E-state index in [1.165, 1.54) is 26.0 Å². The fourth-order valence-electron chi connectivity index (χ4n) is 2.07. The third-order valence-electron chi connectivity index (χ3n) is 3.62. The Labute approximate surface area is 173 Å². The quantitative estimate of drug-likeness (QED) is 0.327. The van der Waals surface area contributed by atoms with Gasteiger partial charge in [0.2, 0.25) is 0 Å². The van der Waals surface area contributed by atoms with Gasteiger partial charge in [0.15, 0.2) is 23.9 Å². The topological polar surface area (TPSA) is 141 Å². The van der Waals surface area contributed by atoms with Crippen LogP contribution in [0.25, 0.3) is 0 Å². The number of carbonyl (C=O) groups excluding carboxylic acids is 1. The molecule has 0 amide bonds. The Morgan fingerprint density at radius 1 is 1.48 bits per heavy atom. The second-order valence-electron chi connectivity index (χ2n) is 5.68. The van der Waals surface area contributed by atoms with Gasteiger partial charge >= 0.3 is 14.1 Å². The van der Waals surface area contributed by atoms with Gasteiger partial charge in [-0.1, -0.05) is 20.7 Å². The molecular formula is C17H15BrFN2O7P. The number of aldehydes is 1. The van der Waals surface area contributed by atoms with Crippen LogP contribution in [0.15, 0.2) is 33.6 Å². The van der Waals surface area contributed by atoms with Crippen LogP contribution in [0.5, 0.6) is 11.5 Å². The van der Waals surface area contributed by atoms with Crippen LogP contribution in [-0.2, 0) is 9.32 Å². The van der Waals surface area contributed by atoms with Gasteiger partial charge in [-0.2, -0.15) is 0 Å². The number of ether oxygens (including phenoxy) is 1. The first-order chi connectivity index (χ1) is 13.6. The lowest BCUT2D eigenvalue weighted by Crippen LogP contribution is -2.17. The number of carbonyl (C=O) groups is 2. The summed E-state index contributed by atoms with van der Waals surface area (Å²) in [7, 11) is -2.95. The van der Waals surface area contributed by atoms with Crippen molar-refractivity contribution in [3.63, 3.8) is 0 Å². The van der Waals surface area contributed by atoms with Crippen LogP contribution in [0.1, 0.15) is 34.8 Å². The summed E-state index contributed by atoms with van der Waals surface area (Å²) in [4.78, 5) is 38.4. The SMILES string of the molecule is Cc1ncc(C(Oc2ccc(Br)cc2F)O[P+]([O-])=NC(C)C(=O)O)c(C=O)c1O. The molecule has 2 aromatic rings. The van der Waals surface area contributed by atoms with Gasteiger partial charge < -0.3 is 19.8 Å². The van der Waals surface area contributed by atoms with Crippen molar-refractivity contribution in [3.05, 3.63) is 51.5 Å². The maximum absolute atomic E-state index is 14.2. The number of nitrogens with zero attached hydrogens (tertiary/aromatic N) is 2. The first-order valence-corrected chi connectivity index (χ1v) is 9.89. The number of aromatic nitrogens is 1. The summed E-state index contributed by atoms with van der Waals surface area (Å²) < 4.78 is 28.6. The summed E-state index contributed by atoms with van der Waals surface area (Å²) in [6.45, 7) is 2.63. The minimum absolute atomic E-state index is 0.137. The molecule has 0 spiro atoms. The molecule has 0 saturated carbocycles. The number of aliphatic carboxylic acids is 1. The van der Waals surface area contributed by atoms with Gasteiger partial charge in [0.1, 0.15) is 5.75 Å². The zero-order valence-electron chi connectivity index (χ0n) is 15.1. The van der Waals surface area contributed by atoms with Crippen LogP contribution >= 0.6 is 24.1 Å². The van der Waals surface area contributed by atoms with Crippen molar-refractivity contribution < 1.29 is 38.3 Å². The van der Waals surface area contributed by atoms with Crippen molar-refractivity contribution in [1.82, 2.24) is 4.98 Å². The molecule has 2 rings (SSSR count). The molecule has 0 radical (unpaired) electrons. The van der Waals surface area contributed by atoms with Crippen molar-refractivity contribution in [2.75, 3.05) is 0 Å². The molecule has 1 aromatic carbocycles. The average molecular weight is 489 g/mol. The van der Waals surface area contributed by atoms with E-state index in [1.54, 1.807) is 0 Å². The number of pyridine rings is 1. The highest BCUT2D eigenvalue weighted by molar-refractivity contribution is 9.10. The predicted molar refractivity (Wildman–Crippen MR) is 101 cm³/mol. The summed E-state index contributed by atoms with van der Waals surface area (Å²) in [5.41, 5.74) is -0.278. The molecule has 9 nitrogen and oxygen atoms in total. The lowest BCUT2D eigenvalue weighted by atomic mass is 10.1. The van der Waals surface area contributed by atoms with E-state index in [-0.39, 0.29) is 22.6 Å². The highest BCUT2D eigenvalue weighted by Crippen LogP contribution is 2.36. The van der Waals surface area contributed by atoms with Gasteiger partial charge in [-0.05, 0) is 32.0 Å². The largest absolute Gasteiger partial charge is 0.583 e. The van der Waals surface area contributed by atoms with E-state index < -0.39 is 38.0 Å². The van der Waals surface area contributed by atoms with E-state index in [1.807, 2.05) is 0 Å². The number of carboxylic acid groups (broad SMARTS) is 1. The van der Waals surface area contributed by atoms with Gasteiger partial charge in [-0.25, -0.2) is 9.18 Å². The molecule has 0 aliphatic carbocycles. The molecule has 0 aliphatic heterocycles. The van der Waals surface area contributed by atoms with Crippen LogP contribution in [0.2, 0.25) is 0 Å². The monoisotopic (exact) mass is 488 g/mol. The van der Waals surface area contributed by atoms with Crippen LogP contribution < -0.4 is 9.63 Å². The molecule has 3 atom stereocenters. The number of halogens is 2. The number of carboxylic acids is 1. The van der Waals surface area contributed by atoms with Gasteiger partial charge in [0.25, 0.3) is 6.29 Å². The van der Waals surface area contributed by atoms with E-state index in [2.05, 4.69) is 25.7 Å². The second-order valence-corrected chi connectivity index (χ2v) is 7.51. The Morgan fingerprint density at radius 3 is 2.76 bits per heavy atom. The summed E-state index contributed by atoms with van der Waals surface area (Å²) in [5.74, 6) is -2.91. The lowest BCUT2D eigenvalue weighted by Gasteiger charge is -2.18. The van der Waals surface area contributed by atoms with Gasteiger partial charge in [0.05, 0.1) is 16.8 Å². The third kappa shape index (κ3) is 5.77. The Kier molecular flexibility index (Phi) is 7.74. The van der Waals surface area contributed by atoms with Crippen LogP contribution in [0.4, 0.5) is 4.39 Å². The Bertz CT molecular complexity index is 973. The molecule has 1 heterocycles. The minimum atomic E-state index is -2.95. The smallest absolute Gasteiger partial charge is 0.346 e. The number of benzene rings is 1. The number of hydrogen-bond acceptors (Lipinski definition) is 8. The number of aromatic hydroxyl groups is 1. The van der Waals surface area contributed by atoms with E-state index in [0.29, 0.717) is 10.8 Å². The number of aryl methyl sites for hydroxylation is 1. The molecular weight excluding hydrogens is 474 g/mol. The molecule has 0 aliphatic rings. The zero-order valence-corrected chi connectivity index (χ0v) is 17.6. The van der Waals surface area contributed by atoms with Crippen molar-refractivity contribution >= 4 is 36.4 Å². The molecule has 2 N–H and O–H groups in total. The van der Waals surface area contributed by atoms with Crippen molar-refractivity contribution in [2.45, 2.75) is 26.2 Å². The number of rotatable bonds is 8. The standard InChI is InChI=1S/C17H15BrFN2O7P/c1-8-15(23)12(7-22)11(6-20-8)17(28-29(26)21-9(2)16(24)25)27-14-4-3-10(18)5-13(14)19/h3-7,9,17,23H,1-2H3,(H,24,25). The third-order valence-corrected chi connectivity index (χ3v) is 5.02. The Morgan fingerprint density at radius 2 is 2.17 bits per heavy atom. The summed E-state index contributed by atoms with van der Waals surface area (Å²) in [6.07, 6.45) is -0.247. The second kappa shape index (κ2) is 9.84. The van der Waals surface area contributed by atoms with Crippen molar-refractivity contribution in [2.24, 2.45) is 4.74 Å². The van der Waals surface area contributed by atoms with Crippen molar-refractivity contribution in [3.8, 4) is 11.5 Å². The Balaban J connectivity index is 2.50. The normalized spacial score (nSPS) is 13.6. The van der Waals surface area contributed by atoms with E-state index >= 15 is 0 Å². The molecule has 29 heavy (non-hydrogen) atoms. The maximum Gasteiger partial charge on any atom is 0.346 e. The Hall–Kier alpha value is -2.46. The molecule has 0 bridgehead atoms. The molecule has 0 saturated heterocycles. The average Bonchev–Trinajstić information content (AvgIpc) is 2.65. The van der Waals surface area contributed by atoms with Crippen molar-refractivity contribution in [1.29, 1.82) is 0 Å². The maximum atomic E-state index is 14.2. The zero-order chi connectivity index (χ0) is 21.7. The minimum Gasteiger partial charge on any atom is -0.583 e. The molecule has 0 fully saturated rings. The molecule has 154 valence electrons. The van der Waals surface area contributed by atoms with Crippen LogP contribution in [-0.4, -0.2) is 33.5 Å². The molecule has 12 heteroatoms. The first kappa shape index (κ1) is 22.8. The summed E-state index contributed by atoms with van der Waals surface area (Å²) >= 11 is 3.10. The fourth-order valence-corrected chi connectivity index (χ4v) is 3.16. The van der Waals surface area contributed by atoms with Crippen LogP contribution in [0, 0.1) is 12.7 Å². The van der Waals surface area contributed by atoms with E-state index in [4.69, 9.17) is 14.4 Å². The van der Waals surface area contributed by atoms with E-state index in [0.717, 1.165) is 12.3 Å². The van der Waals surface area contributed by atoms with Gasteiger partial charge in [-0.15, -0.1) is 4.52 Å². The number of hydrogen-bond donors (Lipinski definition) is 2. The first-order valence-electron chi connectivity index (χ1n) is 7.97.